The molecule has 27 heavy (non-hydrogen) atoms. The lowest BCUT2D eigenvalue weighted by Gasteiger charge is -2.33. The zero-order valence-electron chi connectivity index (χ0n) is 16.4. The highest BCUT2D eigenvalue weighted by Gasteiger charge is 2.32. The number of sulfonamides is 1. The molecular weight excluding hydrogens is 364 g/mol. The second-order valence-corrected chi connectivity index (χ2v) is 10.2. The monoisotopic (exact) mass is 394 g/mol. The molecule has 2 aliphatic heterocycles. The summed E-state index contributed by atoms with van der Waals surface area (Å²) in [4.78, 5) is 14.5. The Morgan fingerprint density at radius 1 is 1.11 bits per heavy atom. The molecule has 0 bridgehead atoms. The highest BCUT2D eigenvalue weighted by molar-refractivity contribution is 7.89. The van der Waals surface area contributed by atoms with E-state index in [1.54, 1.807) is 17.0 Å². The van der Waals surface area contributed by atoms with Gasteiger partial charge in [-0.3, -0.25) is 4.79 Å². The number of rotatable bonds is 4. The van der Waals surface area contributed by atoms with E-state index in [0.29, 0.717) is 32.5 Å². The Labute approximate surface area is 162 Å². The van der Waals surface area contributed by atoms with Crippen LogP contribution in [0.4, 0.5) is 0 Å². The van der Waals surface area contributed by atoms with Gasteiger partial charge in [0.25, 0.3) is 5.91 Å². The van der Waals surface area contributed by atoms with Crippen molar-refractivity contribution in [1.29, 1.82) is 0 Å². The van der Waals surface area contributed by atoms with E-state index in [4.69, 9.17) is 4.74 Å². The molecule has 1 aromatic carbocycles. The summed E-state index contributed by atoms with van der Waals surface area (Å²) in [5.41, 5.74) is 1.08. The lowest BCUT2D eigenvalue weighted by atomic mass is 9.87. The van der Waals surface area contributed by atoms with Crippen molar-refractivity contribution < 1.29 is 17.9 Å². The van der Waals surface area contributed by atoms with Crippen LogP contribution in [0.1, 0.15) is 52.0 Å². The number of hydrogen-bond acceptors (Lipinski definition) is 4. The molecule has 2 heterocycles. The zero-order chi connectivity index (χ0) is 19.7. The molecule has 0 spiro atoms. The molecule has 2 fully saturated rings. The number of ether oxygens (including phenoxy) is 1. The van der Waals surface area contributed by atoms with Gasteiger partial charge >= 0.3 is 0 Å². The van der Waals surface area contributed by atoms with Crippen molar-refractivity contribution in [3.05, 3.63) is 29.8 Å². The fourth-order valence-corrected chi connectivity index (χ4v) is 4.92. The van der Waals surface area contributed by atoms with E-state index in [-0.39, 0.29) is 28.4 Å². The molecule has 1 unspecified atom stereocenters. The summed E-state index contributed by atoms with van der Waals surface area (Å²) >= 11 is 0. The van der Waals surface area contributed by atoms with Crippen LogP contribution >= 0.6 is 0 Å². The van der Waals surface area contributed by atoms with Gasteiger partial charge < -0.3 is 9.64 Å². The smallest absolute Gasteiger partial charge is 0.251 e. The summed E-state index contributed by atoms with van der Waals surface area (Å²) in [6, 6.07) is 6.93. The van der Waals surface area contributed by atoms with Crippen molar-refractivity contribution in [3.63, 3.8) is 0 Å². The van der Waals surface area contributed by atoms with Gasteiger partial charge in [0, 0.05) is 25.7 Å². The lowest BCUT2D eigenvalue weighted by Crippen LogP contribution is -2.49. The van der Waals surface area contributed by atoms with E-state index in [9.17, 15) is 13.2 Å². The topological polar surface area (TPSA) is 75.7 Å². The quantitative estimate of drug-likeness (QED) is 0.851. The summed E-state index contributed by atoms with van der Waals surface area (Å²) in [5.74, 6) is 0.0478. The summed E-state index contributed by atoms with van der Waals surface area (Å²) in [6.45, 7) is 8.08. The number of amides is 1. The number of piperidine rings is 1. The Balaban J connectivity index is 1.56. The number of likely N-dealkylation sites (tertiary alicyclic amines) is 1. The van der Waals surface area contributed by atoms with Crippen molar-refractivity contribution in [2.45, 2.75) is 68.9 Å². The average molecular weight is 395 g/mol. The van der Waals surface area contributed by atoms with E-state index in [0.717, 1.165) is 18.4 Å². The summed E-state index contributed by atoms with van der Waals surface area (Å²) < 4.78 is 33.6. The van der Waals surface area contributed by atoms with Crippen molar-refractivity contribution in [2.24, 2.45) is 0 Å². The third-order valence-electron chi connectivity index (χ3n) is 5.36. The van der Waals surface area contributed by atoms with Gasteiger partial charge in [0.15, 0.2) is 0 Å². The number of hydrogen-bond donors (Lipinski definition) is 1. The standard InChI is InChI=1S/C20H30N2O4S/c1-20(2,3)15-6-8-17(9-7-15)27(24,25)21-16-10-12-22(13-11-16)19(23)18-5-4-14-26-18/h6-9,16,18,21H,4-5,10-14H2,1-3H3. The van der Waals surface area contributed by atoms with Crippen molar-refractivity contribution >= 4 is 15.9 Å². The molecule has 0 radical (unpaired) electrons. The van der Waals surface area contributed by atoms with Gasteiger partial charge in [-0.05, 0) is 48.8 Å². The van der Waals surface area contributed by atoms with Gasteiger partial charge in [0.05, 0.1) is 4.90 Å². The Hall–Kier alpha value is -1.44. The predicted molar refractivity (Wildman–Crippen MR) is 104 cm³/mol. The molecule has 0 aliphatic carbocycles. The van der Waals surface area contributed by atoms with E-state index < -0.39 is 10.0 Å². The van der Waals surface area contributed by atoms with Crippen LogP contribution in [0.15, 0.2) is 29.2 Å². The third-order valence-corrected chi connectivity index (χ3v) is 6.90. The Morgan fingerprint density at radius 3 is 2.26 bits per heavy atom. The maximum atomic E-state index is 12.7. The van der Waals surface area contributed by atoms with Crippen LogP contribution in [0.2, 0.25) is 0 Å². The summed E-state index contributed by atoms with van der Waals surface area (Å²) in [5, 5.41) is 0. The molecule has 6 nitrogen and oxygen atoms in total. The van der Waals surface area contributed by atoms with Crippen LogP contribution in [0, 0.1) is 0 Å². The molecule has 1 amide bonds. The second-order valence-electron chi connectivity index (χ2n) is 8.50. The van der Waals surface area contributed by atoms with Gasteiger partial charge in [-0.15, -0.1) is 0 Å². The molecule has 2 aliphatic rings. The van der Waals surface area contributed by atoms with Crippen LogP contribution in [-0.4, -0.2) is 51.1 Å². The van der Waals surface area contributed by atoms with Gasteiger partial charge in [0.2, 0.25) is 10.0 Å². The largest absolute Gasteiger partial charge is 0.368 e. The van der Waals surface area contributed by atoms with Crippen LogP contribution in [0.3, 0.4) is 0 Å². The Kier molecular flexibility index (Phi) is 5.93. The van der Waals surface area contributed by atoms with E-state index >= 15 is 0 Å². The maximum absolute atomic E-state index is 12.7. The minimum Gasteiger partial charge on any atom is -0.368 e. The van der Waals surface area contributed by atoms with Gasteiger partial charge in [0.1, 0.15) is 6.10 Å². The predicted octanol–water partition coefficient (Wildman–Crippen LogP) is 2.43. The molecule has 3 rings (SSSR count). The van der Waals surface area contributed by atoms with Gasteiger partial charge in [-0.2, -0.15) is 0 Å². The van der Waals surface area contributed by atoms with Crippen LogP contribution in [0.5, 0.6) is 0 Å². The molecule has 7 heteroatoms. The first kappa shape index (κ1) is 20.3. The third kappa shape index (κ3) is 4.89. The summed E-state index contributed by atoms with van der Waals surface area (Å²) in [7, 11) is -3.55. The number of nitrogens with one attached hydrogen (secondary N) is 1. The van der Waals surface area contributed by atoms with Crippen molar-refractivity contribution in [3.8, 4) is 0 Å². The average Bonchev–Trinajstić information content (AvgIpc) is 3.15. The number of carbonyl (C=O) groups excluding carboxylic acids is 1. The van der Waals surface area contributed by atoms with Gasteiger partial charge in [-0.25, -0.2) is 13.1 Å². The molecule has 150 valence electrons. The zero-order valence-corrected chi connectivity index (χ0v) is 17.2. The minimum absolute atomic E-state index is 0.0158. The van der Waals surface area contributed by atoms with E-state index in [2.05, 4.69) is 25.5 Å². The maximum Gasteiger partial charge on any atom is 0.251 e. The van der Waals surface area contributed by atoms with Crippen molar-refractivity contribution in [1.82, 2.24) is 9.62 Å². The molecule has 0 aromatic heterocycles. The fraction of sp³-hybridized carbons (Fsp3) is 0.650. The van der Waals surface area contributed by atoms with E-state index in [1.807, 2.05) is 12.1 Å². The minimum atomic E-state index is -3.55. The highest BCUT2D eigenvalue weighted by atomic mass is 32.2. The number of carbonyl (C=O) groups is 1. The molecule has 1 atom stereocenters. The van der Waals surface area contributed by atoms with Gasteiger partial charge in [-0.1, -0.05) is 32.9 Å². The first-order valence-corrected chi connectivity index (χ1v) is 11.2. The second kappa shape index (κ2) is 7.89. The SMILES string of the molecule is CC(C)(C)c1ccc(S(=O)(=O)NC2CCN(C(=O)C3CCCO3)CC2)cc1. The molecular formula is C20H30N2O4S. The Morgan fingerprint density at radius 2 is 1.74 bits per heavy atom. The highest BCUT2D eigenvalue weighted by Crippen LogP contribution is 2.24. The molecule has 1 aromatic rings. The molecule has 0 saturated carbocycles. The number of nitrogens with zero attached hydrogens (tertiary/aromatic N) is 1. The first-order chi connectivity index (χ1) is 12.7. The van der Waals surface area contributed by atoms with Crippen LogP contribution < -0.4 is 4.72 Å². The number of benzene rings is 1. The lowest BCUT2D eigenvalue weighted by molar-refractivity contribution is -0.142. The summed E-state index contributed by atoms with van der Waals surface area (Å²) in [6.07, 6.45) is 2.66. The fourth-order valence-electron chi connectivity index (χ4n) is 3.62. The van der Waals surface area contributed by atoms with E-state index in [1.165, 1.54) is 0 Å². The van der Waals surface area contributed by atoms with Crippen LogP contribution in [0.25, 0.3) is 0 Å². The Bertz CT molecular complexity index is 754. The normalized spacial score (nSPS) is 22.2. The van der Waals surface area contributed by atoms with Crippen LogP contribution in [-0.2, 0) is 25.0 Å². The molecule has 1 N–H and O–H groups in total. The van der Waals surface area contributed by atoms with Crippen molar-refractivity contribution in [2.75, 3.05) is 19.7 Å². The molecule has 2 saturated heterocycles. The first-order valence-electron chi connectivity index (χ1n) is 9.70.